The van der Waals surface area contributed by atoms with Gasteiger partial charge >= 0.3 is 5.97 Å². The van der Waals surface area contributed by atoms with Gasteiger partial charge in [0.25, 0.3) is 0 Å². The van der Waals surface area contributed by atoms with E-state index in [1.54, 1.807) is 18.5 Å². The minimum absolute atomic E-state index is 0.265. The van der Waals surface area contributed by atoms with Gasteiger partial charge in [0.2, 0.25) is 0 Å². The van der Waals surface area contributed by atoms with Gasteiger partial charge < -0.3 is 10.4 Å². The fourth-order valence-electron chi connectivity index (χ4n) is 4.51. The predicted molar refractivity (Wildman–Crippen MR) is 140 cm³/mol. The molecule has 1 atom stereocenters. The number of carboxylic acid groups (broad SMARTS) is 1. The van der Waals surface area contributed by atoms with E-state index in [2.05, 4.69) is 59.4 Å². The fraction of sp³-hybridized carbons (Fsp3) is 0.286. The minimum atomic E-state index is -0.694. The van der Waals surface area contributed by atoms with E-state index in [4.69, 9.17) is 0 Å². The third-order valence-corrected chi connectivity index (χ3v) is 6.38. The Labute approximate surface area is 215 Å². The number of nitrogens with zero attached hydrogens (tertiary/aromatic N) is 6. The summed E-state index contributed by atoms with van der Waals surface area (Å²) in [6, 6.07) is 17.7. The molecule has 1 fully saturated rings. The molecular formula is C28H29N7O2. The fourth-order valence-corrected chi connectivity index (χ4v) is 4.51. The molecule has 0 bridgehead atoms. The van der Waals surface area contributed by atoms with Crippen LogP contribution in [0.15, 0.2) is 67.0 Å². The number of hydrogen-bond donors (Lipinski definition) is 2. The summed E-state index contributed by atoms with van der Waals surface area (Å²) in [4.78, 5) is 36.1. The summed E-state index contributed by atoms with van der Waals surface area (Å²) >= 11 is 0. The molecule has 37 heavy (non-hydrogen) atoms. The Bertz CT molecular complexity index is 1380. The highest BCUT2D eigenvalue weighted by atomic mass is 16.4. The summed E-state index contributed by atoms with van der Waals surface area (Å²) in [6.45, 7) is 4.25. The lowest BCUT2D eigenvalue weighted by molar-refractivity contribution is -0.143. The standard InChI is InChI=1S/C28H29N7O2/c1-19-4-2-6-23(31-19)27-30-14-12-25(34-27)32-24-11-13-29-26(33-24)16-20-7-9-21(10-8-20)17-35-15-3-5-22(18-35)28(36)37/h2,4,6-14,22H,3,5,15-18H2,1H3,(H,36,37)(H,29,30,32,33,34)/t22-/m1/s1. The van der Waals surface area contributed by atoms with Crippen molar-refractivity contribution < 1.29 is 9.90 Å². The van der Waals surface area contributed by atoms with Crippen LogP contribution >= 0.6 is 0 Å². The average Bonchev–Trinajstić information content (AvgIpc) is 2.90. The predicted octanol–water partition coefficient (Wildman–Crippen LogP) is 4.27. The molecule has 9 nitrogen and oxygen atoms in total. The van der Waals surface area contributed by atoms with Crippen LogP contribution in [0.1, 0.15) is 35.5 Å². The SMILES string of the molecule is Cc1cccc(-c2nccc(Nc3ccnc(Cc4ccc(CN5CCC[C@@H](C(=O)O)C5)cc4)n3)n2)n1. The Morgan fingerprint density at radius 3 is 2.51 bits per heavy atom. The second-order valence-electron chi connectivity index (χ2n) is 9.32. The number of carbonyl (C=O) groups is 1. The first-order valence-electron chi connectivity index (χ1n) is 12.4. The van der Waals surface area contributed by atoms with E-state index in [9.17, 15) is 9.90 Å². The Kier molecular flexibility index (Phi) is 7.41. The third-order valence-electron chi connectivity index (χ3n) is 6.38. The molecule has 0 aliphatic carbocycles. The highest BCUT2D eigenvalue weighted by Gasteiger charge is 2.25. The number of aromatic nitrogens is 5. The first-order chi connectivity index (χ1) is 18.0. The molecule has 4 heterocycles. The van der Waals surface area contributed by atoms with Gasteiger partial charge in [-0.1, -0.05) is 30.3 Å². The molecule has 5 rings (SSSR count). The molecule has 1 aromatic carbocycles. The van der Waals surface area contributed by atoms with E-state index in [-0.39, 0.29) is 5.92 Å². The van der Waals surface area contributed by atoms with Gasteiger partial charge in [-0.15, -0.1) is 0 Å². The van der Waals surface area contributed by atoms with Gasteiger partial charge in [0.15, 0.2) is 5.82 Å². The van der Waals surface area contributed by atoms with Crippen molar-refractivity contribution in [3.05, 3.63) is 89.6 Å². The third kappa shape index (κ3) is 6.50. The molecule has 0 radical (unpaired) electrons. The van der Waals surface area contributed by atoms with Crippen molar-refractivity contribution in [3.63, 3.8) is 0 Å². The number of anilines is 2. The summed E-state index contributed by atoms with van der Waals surface area (Å²) in [5, 5.41) is 12.6. The van der Waals surface area contributed by atoms with Crippen molar-refractivity contribution >= 4 is 17.6 Å². The highest BCUT2D eigenvalue weighted by Crippen LogP contribution is 2.20. The zero-order valence-corrected chi connectivity index (χ0v) is 20.7. The van der Waals surface area contributed by atoms with Gasteiger partial charge in [-0.05, 0) is 61.7 Å². The monoisotopic (exact) mass is 495 g/mol. The van der Waals surface area contributed by atoms with Gasteiger partial charge in [-0.2, -0.15) is 0 Å². The number of nitrogens with one attached hydrogen (secondary N) is 1. The molecule has 1 aliphatic rings. The zero-order valence-electron chi connectivity index (χ0n) is 20.7. The second-order valence-corrected chi connectivity index (χ2v) is 9.32. The maximum absolute atomic E-state index is 11.3. The zero-order chi connectivity index (χ0) is 25.6. The van der Waals surface area contributed by atoms with Crippen molar-refractivity contribution in [2.24, 2.45) is 5.92 Å². The van der Waals surface area contributed by atoms with E-state index < -0.39 is 5.97 Å². The largest absolute Gasteiger partial charge is 0.481 e. The van der Waals surface area contributed by atoms with E-state index in [0.29, 0.717) is 36.3 Å². The summed E-state index contributed by atoms with van der Waals surface area (Å²) in [5.41, 5.74) is 3.91. The van der Waals surface area contributed by atoms with Crippen molar-refractivity contribution in [3.8, 4) is 11.5 Å². The molecule has 0 saturated carbocycles. The van der Waals surface area contributed by atoms with Gasteiger partial charge in [-0.3, -0.25) is 9.69 Å². The number of likely N-dealkylation sites (tertiary alicyclic amines) is 1. The molecule has 0 unspecified atom stereocenters. The molecule has 1 saturated heterocycles. The van der Waals surface area contributed by atoms with Gasteiger partial charge in [0.1, 0.15) is 23.2 Å². The number of benzene rings is 1. The van der Waals surface area contributed by atoms with Crippen molar-refractivity contribution in [2.75, 3.05) is 18.4 Å². The second kappa shape index (κ2) is 11.2. The van der Waals surface area contributed by atoms with Crippen LogP contribution in [0, 0.1) is 12.8 Å². The molecule has 0 spiro atoms. The Balaban J connectivity index is 1.21. The maximum Gasteiger partial charge on any atom is 0.307 e. The first-order valence-corrected chi connectivity index (χ1v) is 12.4. The van der Waals surface area contributed by atoms with Crippen LogP contribution in [-0.4, -0.2) is 54.0 Å². The molecule has 0 amide bonds. The van der Waals surface area contributed by atoms with E-state index >= 15 is 0 Å². The van der Waals surface area contributed by atoms with Crippen molar-refractivity contribution in [1.29, 1.82) is 0 Å². The molecule has 2 N–H and O–H groups in total. The number of piperidine rings is 1. The molecule has 1 aliphatic heterocycles. The Morgan fingerprint density at radius 2 is 1.73 bits per heavy atom. The first kappa shape index (κ1) is 24.5. The molecular weight excluding hydrogens is 466 g/mol. The number of aryl methyl sites for hydroxylation is 1. The number of rotatable bonds is 8. The lowest BCUT2D eigenvalue weighted by Crippen LogP contribution is -2.38. The summed E-state index contributed by atoms with van der Waals surface area (Å²) in [6.07, 6.45) is 5.72. The van der Waals surface area contributed by atoms with Crippen LogP contribution in [0.25, 0.3) is 11.5 Å². The lowest BCUT2D eigenvalue weighted by atomic mass is 9.97. The van der Waals surface area contributed by atoms with Gasteiger partial charge in [-0.25, -0.2) is 24.9 Å². The van der Waals surface area contributed by atoms with Crippen LogP contribution in [0.2, 0.25) is 0 Å². The smallest absolute Gasteiger partial charge is 0.307 e. The molecule has 188 valence electrons. The summed E-state index contributed by atoms with van der Waals surface area (Å²) in [7, 11) is 0. The maximum atomic E-state index is 11.3. The average molecular weight is 496 g/mol. The van der Waals surface area contributed by atoms with Gasteiger partial charge in [0, 0.05) is 37.6 Å². The Morgan fingerprint density at radius 1 is 0.973 bits per heavy atom. The van der Waals surface area contributed by atoms with Crippen LogP contribution in [0.3, 0.4) is 0 Å². The van der Waals surface area contributed by atoms with Crippen LogP contribution < -0.4 is 5.32 Å². The number of pyridine rings is 1. The molecule has 4 aromatic rings. The van der Waals surface area contributed by atoms with Crippen LogP contribution in [-0.2, 0) is 17.8 Å². The van der Waals surface area contributed by atoms with E-state index in [0.717, 1.165) is 42.9 Å². The summed E-state index contributed by atoms with van der Waals surface area (Å²) < 4.78 is 0. The number of hydrogen-bond acceptors (Lipinski definition) is 8. The lowest BCUT2D eigenvalue weighted by Gasteiger charge is -2.30. The van der Waals surface area contributed by atoms with E-state index in [1.165, 1.54) is 5.56 Å². The van der Waals surface area contributed by atoms with Crippen molar-refractivity contribution in [1.82, 2.24) is 29.8 Å². The topological polar surface area (TPSA) is 117 Å². The normalized spacial score (nSPS) is 15.9. The number of carboxylic acids is 1. The number of aliphatic carboxylic acids is 1. The van der Waals surface area contributed by atoms with Crippen LogP contribution in [0.5, 0.6) is 0 Å². The summed E-state index contributed by atoms with van der Waals surface area (Å²) in [5.74, 6) is 1.57. The Hall–Kier alpha value is -4.24. The van der Waals surface area contributed by atoms with Crippen LogP contribution in [0.4, 0.5) is 11.6 Å². The quantitative estimate of drug-likeness (QED) is 0.369. The minimum Gasteiger partial charge on any atom is -0.481 e. The highest BCUT2D eigenvalue weighted by molar-refractivity contribution is 5.70. The molecule has 9 heteroatoms. The van der Waals surface area contributed by atoms with Crippen molar-refractivity contribution in [2.45, 2.75) is 32.7 Å². The van der Waals surface area contributed by atoms with Gasteiger partial charge in [0.05, 0.1) is 5.92 Å². The molecule has 3 aromatic heterocycles. The van der Waals surface area contributed by atoms with E-state index in [1.807, 2.05) is 31.2 Å².